The lowest BCUT2D eigenvalue weighted by Gasteiger charge is -1.99. The second-order valence-corrected chi connectivity index (χ2v) is 7.74. The second kappa shape index (κ2) is 5.12. The van der Waals surface area contributed by atoms with E-state index in [1.54, 1.807) is 0 Å². The third-order valence-electron chi connectivity index (χ3n) is 1.99. The van der Waals surface area contributed by atoms with Gasteiger partial charge in [0.05, 0.1) is 7.57 Å². The Morgan fingerprint density at radius 2 is 1.88 bits per heavy atom. The van der Waals surface area contributed by atoms with Crippen LogP contribution in [-0.4, -0.2) is 5.78 Å². The van der Waals surface area contributed by atoms with Crippen molar-refractivity contribution in [2.24, 2.45) is 0 Å². The highest BCUT2D eigenvalue weighted by Crippen LogP contribution is 2.33. The summed E-state index contributed by atoms with van der Waals surface area (Å²) in [5.74, 6) is 0.0233. The van der Waals surface area contributed by atoms with Gasteiger partial charge in [-0.3, -0.25) is 4.79 Å². The van der Waals surface area contributed by atoms with Gasteiger partial charge < -0.3 is 0 Å². The van der Waals surface area contributed by atoms with Gasteiger partial charge in [-0.05, 0) is 50.1 Å². The number of ketones is 1. The van der Waals surface area contributed by atoms with Crippen LogP contribution in [0.1, 0.15) is 15.9 Å². The van der Waals surface area contributed by atoms with Gasteiger partial charge in [-0.2, -0.15) is 0 Å². The van der Waals surface area contributed by atoms with E-state index in [1.807, 2.05) is 30.3 Å². The molecule has 0 radical (unpaired) electrons. The van der Waals surface area contributed by atoms with E-state index in [1.165, 1.54) is 11.3 Å². The molecule has 0 N–H and O–H groups in total. The molecule has 2 aromatic rings. The molecule has 0 saturated carbocycles. The summed E-state index contributed by atoms with van der Waals surface area (Å²) in [7, 11) is 0. The maximum Gasteiger partial charge on any atom is 0.195 e. The van der Waals surface area contributed by atoms with E-state index in [2.05, 4.69) is 47.8 Å². The van der Waals surface area contributed by atoms with E-state index in [0.717, 1.165) is 12.0 Å². The van der Waals surface area contributed by atoms with Gasteiger partial charge in [-0.1, -0.05) is 28.1 Å². The minimum atomic E-state index is 0.0233. The van der Waals surface area contributed by atoms with Crippen molar-refractivity contribution < 1.29 is 4.79 Å². The van der Waals surface area contributed by atoms with Crippen LogP contribution in [0, 0.1) is 0 Å². The Morgan fingerprint density at radius 3 is 2.44 bits per heavy atom. The first-order valence-corrected chi connectivity index (χ1v) is 7.52. The van der Waals surface area contributed by atoms with Crippen molar-refractivity contribution in [3.63, 3.8) is 0 Å². The molecule has 1 aromatic heterocycles. The monoisotopic (exact) mass is 422 g/mol. The van der Waals surface area contributed by atoms with Crippen LogP contribution in [0.2, 0.25) is 0 Å². The molecular formula is C11H5Br3OS. The smallest absolute Gasteiger partial charge is 0.195 e. The van der Waals surface area contributed by atoms with Gasteiger partial charge in [0.25, 0.3) is 0 Å². The van der Waals surface area contributed by atoms with E-state index in [4.69, 9.17) is 0 Å². The summed E-state index contributed by atoms with van der Waals surface area (Å²) in [6, 6.07) is 9.21. The van der Waals surface area contributed by atoms with Crippen LogP contribution in [-0.2, 0) is 0 Å². The maximum absolute atomic E-state index is 12.2. The predicted molar refractivity (Wildman–Crippen MR) is 77.3 cm³/mol. The average molecular weight is 425 g/mol. The van der Waals surface area contributed by atoms with Crippen molar-refractivity contribution in [3.05, 3.63) is 53.5 Å². The number of carbonyl (C=O) groups excluding carboxylic acids is 1. The molecule has 0 spiro atoms. The van der Waals surface area contributed by atoms with Gasteiger partial charge in [0, 0.05) is 15.6 Å². The number of hydrogen-bond acceptors (Lipinski definition) is 2. The predicted octanol–water partition coefficient (Wildman–Crippen LogP) is 5.27. The fraction of sp³-hybridized carbons (Fsp3) is 0. The third-order valence-corrected chi connectivity index (χ3v) is 4.82. The van der Waals surface area contributed by atoms with Gasteiger partial charge in [0.2, 0.25) is 0 Å². The fourth-order valence-electron chi connectivity index (χ4n) is 1.28. The number of carbonyl (C=O) groups is 1. The van der Waals surface area contributed by atoms with Crippen molar-refractivity contribution in [1.29, 1.82) is 0 Å². The van der Waals surface area contributed by atoms with E-state index >= 15 is 0 Å². The zero-order chi connectivity index (χ0) is 11.7. The lowest BCUT2D eigenvalue weighted by atomic mass is 10.1. The molecule has 2 rings (SSSR count). The Hall–Kier alpha value is 0.0300. The molecule has 0 amide bonds. The molecule has 0 aliphatic rings. The summed E-state index contributed by atoms with van der Waals surface area (Å²) < 4.78 is 2.70. The molecule has 0 fully saturated rings. The minimum Gasteiger partial charge on any atom is -0.289 e. The quantitative estimate of drug-likeness (QED) is 0.600. The number of thiophene rings is 1. The van der Waals surface area contributed by atoms with Crippen LogP contribution >= 0.6 is 59.1 Å². The Kier molecular flexibility index (Phi) is 4.00. The standard InChI is InChI=1S/C11H5Br3OS/c12-7-3-1-2-6(4-7)10(15)8-5-9(13)16-11(8)14/h1-5H. The van der Waals surface area contributed by atoms with Crippen LogP contribution in [0.4, 0.5) is 0 Å². The van der Waals surface area contributed by atoms with Crippen LogP contribution in [0.25, 0.3) is 0 Å². The Bertz CT molecular complexity index is 548. The maximum atomic E-state index is 12.2. The third kappa shape index (κ3) is 2.64. The van der Waals surface area contributed by atoms with Crippen LogP contribution in [0.5, 0.6) is 0 Å². The van der Waals surface area contributed by atoms with Crippen LogP contribution < -0.4 is 0 Å². The lowest BCUT2D eigenvalue weighted by Crippen LogP contribution is -1.99. The van der Waals surface area contributed by atoms with Crippen molar-refractivity contribution >= 4 is 64.9 Å². The summed E-state index contributed by atoms with van der Waals surface area (Å²) in [6.45, 7) is 0. The first-order valence-electron chi connectivity index (χ1n) is 4.33. The van der Waals surface area contributed by atoms with Crippen molar-refractivity contribution in [1.82, 2.24) is 0 Å². The van der Waals surface area contributed by atoms with Gasteiger partial charge in [0.15, 0.2) is 5.78 Å². The summed E-state index contributed by atoms with van der Waals surface area (Å²) in [4.78, 5) is 12.2. The Balaban J connectivity index is 2.43. The highest BCUT2D eigenvalue weighted by molar-refractivity contribution is 9.12. The summed E-state index contributed by atoms with van der Waals surface area (Å²) >= 11 is 11.6. The van der Waals surface area contributed by atoms with E-state index in [9.17, 15) is 4.79 Å². The Morgan fingerprint density at radius 1 is 1.12 bits per heavy atom. The highest BCUT2D eigenvalue weighted by atomic mass is 79.9. The summed E-state index contributed by atoms with van der Waals surface area (Å²) in [5.41, 5.74) is 1.37. The average Bonchev–Trinajstić information content (AvgIpc) is 2.57. The van der Waals surface area contributed by atoms with E-state index in [0.29, 0.717) is 11.1 Å². The van der Waals surface area contributed by atoms with Crippen molar-refractivity contribution in [3.8, 4) is 0 Å². The van der Waals surface area contributed by atoms with E-state index in [-0.39, 0.29) is 5.78 Å². The highest BCUT2D eigenvalue weighted by Gasteiger charge is 2.15. The second-order valence-electron chi connectivity index (χ2n) is 3.08. The molecule has 16 heavy (non-hydrogen) atoms. The first-order chi connectivity index (χ1) is 7.58. The normalized spacial score (nSPS) is 10.4. The summed E-state index contributed by atoms with van der Waals surface area (Å²) in [6.07, 6.45) is 0. The largest absolute Gasteiger partial charge is 0.289 e. The molecule has 0 atom stereocenters. The minimum absolute atomic E-state index is 0.0233. The molecule has 82 valence electrons. The van der Waals surface area contributed by atoms with Crippen LogP contribution in [0.3, 0.4) is 0 Å². The number of benzene rings is 1. The number of hydrogen-bond donors (Lipinski definition) is 0. The fourth-order valence-corrected chi connectivity index (χ4v) is 4.47. The van der Waals surface area contributed by atoms with Gasteiger partial charge in [0.1, 0.15) is 0 Å². The van der Waals surface area contributed by atoms with Crippen LogP contribution in [0.15, 0.2) is 42.4 Å². The lowest BCUT2D eigenvalue weighted by molar-refractivity contribution is 0.103. The molecular weight excluding hydrogens is 420 g/mol. The first kappa shape index (κ1) is 12.5. The molecule has 0 saturated heterocycles. The topological polar surface area (TPSA) is 17.1 Å². The van der Waals surface area contributed by atoms with Crippen molar-refractivity contribution in [2.45, 2.75) is 0 Å². The van der Waals surface area contributed by atoms with Crippen molar-refractivity contribution in [2.75, 3.05) is 0 Å². The number of rotatable bonds is 2. The van der Waals surface area contributed by atoms with E-state index < -0.39 is 0 Å². The molecule has 0 unspecified atom stereocenters. The van der Waals surface area contributed by atoms with Gasteiger partial charge in [-0.15, -0.1) is 11.3 Å². The molecule has 1 nitrogen and oxygen atoms in total. The molecule has 0 aliphatic heterocycles. The zero-order valence-corrected chi connectivity index (χ0v) is 13.4. The molecule has 1 aromatic carbocycles. The Labute approximate surface area is 122 Å². The molecule has 5 heteroatoms. The molecule has 1 heterocycles. The molecule has 0 bridgehead atoms. The summed E-state index contributed by atoms with van der Waals surface area (Å²) in [5, 5.41) is 0. The molecule has 0 aliphatic carbocycles. The number of halogens is 3. The van der Waals surface area contributed by atoms with Gasteiger partial charge >= 0.3 is 0 Å². The van der Waals surface area contributed by atoms with Gasteiger partial charge in [-0.25, -0.2) is 0 Å². The SMILES string of the molecule is O=C(c1cccc(Br)c1)c1cc(Br)sc1Br. The zero-order valence-electron chi connectivity index (χ0n) is 7.84.